The van der Waals surface area contributed by atoms with Crippen LogP contribution in [0, 0.1) is 11.8 Å². The lowest BCUT2D eigenvalue weighted by molar-refractivity contribution is 0.124. The maximum absolute atomic E-state index is 3.84. The van der Waals surface area contributed by atoms with Gasteiger partial charge in [-0.05, 0) is 25.3 Å². The first kappa shape index (κ1) is 18.8. The molecule has 0 aliphatic heterocycles. The summed E-state index contributed by atoms with van der Waals surface area (Å²) in [6.07, 6.45) is 28.5. The molecule has 136 valence electrons. The SMILES string of the molecule is CC1/C=C\C=C/C/C=C\C=C1N(C1CCCCC1)C1C=C[C@H]1[C@H](C)Br. The second-order valence-electron chi connectivity index (χ2n) is 7.69. The molecule has 3 aliphatic carbocycles. The summed E-state index contributed by atoms with van der Waals surface area (Å²) in [5.74, 6) is 1.05. The molecule has 3 rings (SSSR count). The number of hydrogen-bond donors (Lipinski definition) is 0. The van der Waals surface area contributed by atoms with Crippen LogP contribution in [0.2, 0.25) is 0 Å². The van der Waals surface area contributed by atoms with Gasteiger partial charge in [0.15, 0.2) is 0 Å². The smallest absolute Gasteiger partial charge is 0.0546 e. The average Bonchev–Trinajstić information content (AvgIpc) is 2.58. The van der Waals surface area contributed by atoms with Gasteiger partial charge in [-0.1, -0.05) is 97.6 Å². The predicted octanol–water partition coefficient (Wildman–Crippen LogP) is 6.55. The molecule has 0 amide bonds. The molecule has 0 aromatic heterocycles. The first-order chi connectivity index (χ1) is 12.2. The van der Waals surface area contributed by atoms with Crippen LogP contribution in [0.1, 0.15) is 52.4 Å². The standard InChI is InChI=1S/C23H32BrN/c1-18-12-8-5-3-4-6-11-15-22(18)25(20-13-9-7-10-14-20)23-17-16-21(23)19(2)24/h3,5-6,8,11-12,15-21,23H,4,7,9-10,13-14H2,1-2H3/b5-3-,11-6-,12-8-,22-15?/t18?,19-,21-,23?/m0/s1. The van der Waals surface area contributed by atoms with E-state index < -0.39 is 0 Å². The lowest BCUT2D eigenvalue weighted by Gasteiger charge is -2.49. The van der Waals surface area contributed by atoms with Crippen LogP contribution in [-0.2, 0) is 0 Å². The zero-order valence-corrected chi connectivity index (χ0v) is 17.2. The number of hydrogen-bond acceptors (Lipinski definition) is 1. The molecule has 0 heterocycles. The van der Waals surface area contributed by atoms with E-state index >= 15 is 0 Å². The van der Waals surface area contributed by atoms with E-state index in [0.717, 1.165) is 6.42 Å². The van der Waals surface area contributed by atoms with Crippen molar-refractivity contribution in [3.05, 3.63) is 60.4 Å². The van der Waals surface area contributed by atoms with E-state index in [2.05, 4.69) is 89.4 Å². The van der Waals surface area contributed by atoms with Crippen molar-refractivity contribution in [2.75, 3.05) is 0 Å². The molecule has 0 aromatic carbocycles. The zero-order valence-electron chi connectivity index (χ0n) is 15.7. The summed E-state index contributed by atoms with van der Waals surface area (Å²) in [6.45, 7) is 4.63. The quantitative estimate of drug-likeness (QED) is 0.381. The van der Waals surface area contributed by atoms with Crippen molar-refractivity contribution in [2.45, 2.75) is 69.3 Å². The normalized spacial score (nSPS) is 35.2. The largest absolute Gasteiger partial charge is 0.364 e. The van der Waals surface area contributed by atoms with Crippen molar-refractivity contribution in [1.29, 1.82) is 0 Å². The third kappa shape index (κ3) is 4.58. The van der Waals surface area contributed by atoms with Crippen LogP contribution in [0.4, 0.5) is 0 Å². The first-order valence-electron chi connectivity index (χ1n) is 9.99. The second-order valence-corrected chi connectivity index (χ2v) is 9.13. The molecular weight excluding hydrogens is 370 g/mol. The minimum atomic E-state index is 0.439. The van der Waals surface area contributed by atoms with Crippen LogP contribution >= 0.6 is 15.9 Å². The Morgan fingerprint density at radius 3 is 2.44 bits per heavy atom. The minimum absolute atomic E-state index is 0.439. The van der Waals surface area contributed by atoms with E-state index in [4.69, 9.17) is 0 Å². The molecule has 1 fully saturated rings. The summed E-state index contributed by atoms with van der Waals surface area (Å²) in [7, 11) is 0. The van der Waals surface area contributed by atoms with E-state index in [0.29, 0.717) is 28.7 Å². The monoisotopic (exact) mass is 401 g/mol. The van der Waals surface area contributed by atoms with E-state index in [1.165, 1.54) is 37.8 Å². The fourth-order valence-electron chi connectivity index (χ4n) is 4.31. The van der Waals surface area contributed by atoms with Crippen molar-refractivity contribution < 1.29 is 0 Å². The van der Waals surface area contributed by atoms with Crippen LogP contribution in [-0.4, -0.2) is 21.8 Å². The fourth-order valence-corrected chi connectivity index (χ4v) is 4.80. The van der Waals surface area contributed by atoms with Gasteiger partial charge in [0.05, 0.1) is 6.04 Å². The van der Waals surface area contributed by atoms with Crippen molar-refractivity contribution in [2.24, 2.45) is 11.8 Å². The first-order valence-corrected chi connectivity index (χ1v) is 10.9. The van der Waals surface area contributed by atoms with Gasteiger partial charge in [0, 0.05) is 28.4 Å². The van der Waals surface area contributed by atoms with Crippen LogP contribution in [0.3, 0.4) is 0 Å². The number of nitrogens with zero attached hydrogens (tertiary/aromatic N) is 1. The molecule has 1 nitrogen and oxygen atoms in total. The van der Waals surface area contributed by atoms with Gasteiger partial charge < -0.3 is 4.90 Å². The third-order valence-electron chi connectivity index (χ3n) is 5.83. The summed E-state index contributed by atoms with van der Waals surface area (Å²) in [5, 5.41) is 0. The summed E-state index contributed by atoms with van der Waals surface area (Å²) in [6, 6.07) is 1.22. The molecule has 0 aromatic rings. The van der Waals surface area contributed by atoms with Crippen LogP contribution in [0.15, 0.2) is 60.4 Å². The van der Waals surface area contributed by atoms with E-state index in [9.17, 15) is 0 Å². The van der Waals surface area contributed by atoms with Crippen molar-refractivity contribution in [3.8, 4) is 0 Å². The van der Waals surface area contributed by atoms with Crippen molar-refractivity contribution in [1.82, 2.24) is 4.90 Å². The zero-order chi connectivity index (χ0) is 17.6. The average molecular weight is 402 g/mol. The van der Waals surface area contributed by atoms with Gasteiger partial charge in [0.2, 0.25) is 0 Å². The van der Waals surface area contributed by atoms with Gasteiger partial charge in [0.1, 0.15) is 0 Å². The summed E-state index contributed by atoms with van der Waals surface area (Å²) < 4.78 is 0. The molecule has 0 radical (unpaired) electrons. The Balaban J connectivity index is 1.92. The Hall–Kier alpha value is -1.02. The Kier molecular flexibility index (Phi) is 6.81. The molecule has 3 aliphatic rings. The number of alkyl halides is 1. The molecule has 2 heteroatoms. The molecule has 0 N–H and O–H groups in total. The number of rotatable bonds is 4. The molecule has 1 saturated carbocycles. The highest BCUT2D eigenvalue weighted by Gasteiger charge is 2.38. The summed E-state index contributed by atoms with van der Waals surface area (Å²) in [4.78, 5) is 3.31. The van der Waals surface area contributed by atoms with Crippen molar-refractivity contribution >= 4 is 15.9 Å². The summed E-state index contributed by atoms with van der Waals surface area (Å²) >= 11 is 3.84. The molecule has 0 spiro atoms. The second kappa shape index (κ2) is 9.07. The van der Waals surface area contributed by atoms with Crippen molar-refractivity contribution in [3.63, 3.8) is 0 Å². The van der Waals surface area contributed by atoms with Crippen LogP contribution in [0.5, 0.6) is 0 Å². The van der Waals surface area contributed by atoms with E-state index in [-0.39, 0.29) is 0 Å². The lowest BCUT2D eigenvalue weighted by atomic mass is 9.81. The van der Waals surface area contributed by atoms with Gasteiger partial charge in [-0.25, -0.2) is 0 Å². The Bertz CT molecular complexity index is 575. The maximum Gasteiger partial charge on any atom is 0.0546 e. The van der Waals surface area contributed by atoms with Crippen LogP contribution in [0.25, 0.3) is 0 Å². The highest BCUT2D eigenvalue weighted by Crippen LogP contribution is 2.39. The Morgan fingerprint density at radius 2 is 1.76 bits per heavy atom. The number of allylic oxidation sites excluding steroid dienone is 7. The highest BCUT2D eigenvalue weighted by atomic mass is 79.9. The molecule has 4 atom stereocenters. The lowest BCUT2D eigenvalue weighted by Crippen LogP contribution is -2.51. The molecule has 0 saturated heterocycles. The van der Waals surface area contributed by atoms with Crippen LogP contribution < -0.4 is 0 Å². The minimum Gasteiger partial charge on any atom is -0.364 e. The maximum atomic E-state index is 3.84. The Morgan fingerprint density at radius 1 is 1.00 bits per heavy atom. The van der Waals surface area contributed by atoms with E-state index in [1.807, 2.05) is 0 Å². The number of halogens is 1. The molecule has 2 unspecified atom stereocenters. The molecule has 25 heavy (non-hydrogen) atoms. The van der Waals surface area contributed by atoms with Gasteiger partial charge >= 0.3 is 0 Å². The van der Waals surface area contributed by atoms with E-state index in [1.54, 1.807) is 0 Å². The molecule has 0 bridgehead atoms. The topological polar surface area (TPSA) is 3.24 Å². The highest BCUT2D eigenvalue weighted by molar-refractivity contribution is 9.09. The summed E-state index contributed by atoms with van der Waals surface area (Å²) in [5.41, 5.74) is 1.49. The molecular formula is C23H32BrN. The Labute approximate surface area is 162 Å². The fraction of sp³-hybridized carbons (Fsp3) is 0.565. The van der Waals surface area contributed by atoms with Gasteiger partial charge in [0.25, 0.3) is 0 Å². The van der Waals surface area contributed by atoms with Gasteiger partial charge in [-0.2, -0.15) is 0 Å². The predicted molar refractivity (Wildman–Crippen MR) is 113 cm³/mol. The third-order valence-corrected chi connectivity index (χ3v) is 6.44. The van der Waals surface area contributed by atoms with Gasteiger partial charge in [-0.15, -0.1) is 0 Å². The van der Waals surface area contributed by atoms with Gasteiger partial charge in [-0.3, -0.25) is 0 Å².